The fourth-order valence-electron chi connectivity index (χ4n) is 1.34. The summed E-state index contributed by atoms with van der Waals surface area (Å²) in [5.41, 5.74) is 1.51. The maximum absolute atomic E-state index is 11.5. The zero-order valence-electron chi connectivity index (χ0n) is 10.2. The molecule has 1 rings (SSSR count). The third kappa shape index (κ3) is 4.22. The molecule has 0 fully saturated rings. The number of allylic oxidation sites excluding steroid dienone is 1. The van der Waals surface area contributed by atoms with Crippen molar-refractivity contribution in [1.29, 1.82) is 0 Å². The highest BCUT2D eigenvalue weighted by Crippen LogP contribution is 2.22. The molecular formula is C13H14ClNO3. The van der Waals surface area contributed by atoms with E-state index in [1.165, 1.54) is 13.2 Å². The van der Waals surface area contributed by atoms with E-state index in [0.29, 0.717) is 5.02 Å². The molecule has 96 valence electrons. The number of nitrogens with one attached hydrogen (secondary N) is 1. The van der Waals surface area contributed by atoms with Crippen LogP contribution in [0.1, 0.15) is 12.5 Å². The molecule has 18 heavy (non-hydrogen) atoms. The fraction of sp³-hybridized carbons (Fsp3) is 0.231. The van der Waals surface area contributed by atoms with Gasteiger partial charge in [0.15, 0.2) is 0 Å². The van der Waals surface area contributed by atoms with Gasteiger partial charge in [0, 0.05) is 11.1 Å². The minimum Gasteiger partial charge on any atom is -0.468 e. The van der Waals surface area contributed by atoms with Crippen LogP contribution in [0.3, 0.4) is 0 Å². The molecule has 0 heterocycles. The van der Waals surface area contributed by atoms with Gasteiger partial charge in [0.05, 0.1) is 7.11 Å². The fourth-order valence-corrected chi connectivity index (χ4v) is 1.62. The number of amides is 1. The minimum absolute atomic E-state index is 0.151. The Balaban J connectivity index is 2.69. The molecule has 0 aliphatic rings. The van der Waals surface area contributed by atoms with Gasteiger partial charge in [-0.3, -0.25) is 9.59 Å². The first-order chi connectivity index (χ1) is 8.54. The summed E-state index contributed by atoms with van der Waals surface area (Å²) in [4.78, 5) is 22.4. The van der Waals surface area contributed by atoms with Crippen molar-refractivity contribution in [2.45, 2.75) is 6.92 Å². The van der Waals surface area contributed by atoms with E-state index in [0.717, 1.165) is 11.1 Å². The summed E-state index contributed by atoms with van der Waals surface area (Å²) in [7, 11) is 1.26. The summed E-state index contributed by atoms with van der Waals surface area (Å²) in [6, 6.07) is 7.23. The molecule has 1 amide bonds. The summed E-state index contributed by atoms with van der Waals surface area (Å²) < 4.78 is 4.41. The average Bonchev–Trinajstić information content (AvgIpc) is 2.36. The molecule has 1 aromatic carbocycles. The minimum atomic E-state index is -0.493. The third-order valence-corrected chi connectivity index (χ3v) is 2.61. The maximum Gasteiger partial charge on any atom is 0.325 e. The normalized spacial score (nSPS) is 10.9. The molecule has 4 nitrogen and oxygen atoms in total. The van der Waals surface area contributed by atoms with E-state index in [4.69, 9.17) is 11.6 Å². The average molecular weight is 268 g/mol. The maximum atomic E-state index is 11.5. The molecule has 1 N–H and O–H groups in total. The topological polar surface area (TPSA) is 55.4 Å². The van der Waals surface area contributed by atoms with Crippen LogP contribution in [0.15, 0.2) is 30.3 Å². The van der Waals surface area contributed by atoms with Gasteiger partial charge in [0.1, 0.15) is 6.54 Å². The molecule has 0 atom stereocenters. The van der Waals surface area contributed by atoms with Crippen molar-refractivity contribution in [3.8, 4) is 0 Å². The Morgan fingerprint density at radius 2 is 2.06 bits per heavy atom. The lowest BCUT2D eigenvalue weighted by molar-refractivity contribution is -0.140. The number of rotatable bonds is 4. The molecule has 0 radical (unpaired) electrons. The van der Waals surface area contributed by atoms with Crippen LogP contribution >= 0.6 is 11.6 Å². The molecule has 0 saturated carbocycles. The third-order valence-electron chi connectivity index (χ3n) is 2.28. The van der Waals surface area contributed by atoms with Gasteiger partial charge < -0.3 is 10.1 Å². The highest BCUT2D eigenvalue weighted by Gasteiger charge is 2.05. The van der Waals surface area contributed by atoms with Crippen LogP contribution in [0.25, 0.3) is 5.57 Å². The Morgan fingerprint density at radius 1 is 1.39 bits per heavy atom. The number of ether oxygens (including phenoxy) is 1. The Bertz CT molecular complexity index is 483. The number of benzene rings is 1. The van der Waals surface area contributed by atoms with Crippen LogP contribution in [-0.4, -0.2) is 25.5 Å². The number of hydrogen-bond donors (Lipinski definition) is 1. The highest BCUT2D eigenvalue weighted by molar-refractivity contribution is 6.32. The van der Waals surface area contributed by atoms with Crippen LogP contribution in [0.5, 0.6) is 0 Å². The second-order valence-electron chi connectivity index (χ2n) is 3.60. The van der Waals surface area contributed by atoms with Gasteiger partial charge in [-0.15, -0.1) is 0 Å². The Labute approximate surface area is 111 Å². The molecular weight excluding hydrogens is 254 g/mol. The molecule has 0 aliphatic heterocycles. The second-order valence-corrected chi connectivity index (χ2v) is 4.01. The summed E-state index contributed by atoms with van der Waals surface area (Å²) >= 11 is 6.01. The first-order valence-electron chi connectivity index (χ1n) is 5.32. The van der Waals surface area contributed by atoms with Crippen molar-refractivity contribution in [3.63, 3.8) is 0 Å². The first kappa shape index (κ1) is 14.3. The van der Waals surface area contributed by atoms with Crippen LogP contribution < -0.4 is 5.32 Å². The zero-order chi connectivity index (χ0) is 13.5. The first-order valence-corrected chi connectivity index (χ1v) is 5.70. The van der Waals surface area contributed by atoms with E-state index in [1.807, 2.05) is 18.2 Å². The van der Waals surface area contributed by atoms with Gasteiger partial charge >= 0.3 is 5.97 Å². The zero-order valence-corrected chi connectivity index (χ0v) is 11.0. The molecule has 5 heteroatoms. The summed E-state index contributed by atoms with van der Waals surface area (Å²) in [5.74, 6) is -0.857. The highest BCUT2D eigenvalue weighted by atomic mass is 35.5. The van der Waals surface area contributed by atoms with E-state index < -0.39 is 5.97 Å². The molecule has 0 unspecified atom stereocenters. The number of methoxy groups -OCH3 is 1. The summed E-state index contributed by atoms with van der Waals surface area (Å²) in [6.45, 7) is 1.63. The van der Waals surface area contributed by atoms with Crippen molar-refractivity contribution in [2.24, 2.45) is 0 Å². The van der Waals surface area contributed by atoms with E-state index in [2.05, 4.69) is 10.1 Å². The number of carbonyl (C=O) groups is 2. The Hall–Kier alpha value is -1.81. The quantitative estimate of drug-likeness (QED) is 0.671. The van der Waals surface area contributed by atoms with Gasteiger partial charge in [-0.05, 0) is 24.1 Å². The van der Waals surface area contributed by atoms with Gasteiger partial charge in [-0.2, -0.15) is 0 Å². The monoisotopic (exact) mass is 267 g/mol. The van der Waals surface area contributed by atoms with E-state index in [9.17, 15) is 9.59 Å². The van der Waals surface area contributed by atoms with Crippen molar-refractivity contribution in [3.05, 3.63) is 40.9 Å². The summed E-state index contributed by atoms with van der Waals surface area (Å²) in [5, 5.41) is 3.00. The molecule has 0 saturated heterocycles. The van der Waals surface area contributed by atoms with Crippen molar-refractivity contribution in [2.75, 3.05) is 13.7 Å². The smallest absolute Gasteiger partial charge is 0.325 e. The van der Waals surface area contributed by atoms with Crippen molar-refractivity contribution < 1.29 is 14.3 Å². The predicted molar refractivity (Wildman–Crippen MR) is 70.1 cm³/mol. The van der Waals surface area contributed by atoms with Crippen molar-refractivity contribution in [1.82, 2.24) is 5.32 Å². The van der Waals surface area contributed by atoms with Gasteiger partial charge in [0.25, 0.3) is 0 Å². The van der Waals surface area contributed by atoms with Crippen LogP contribution in [0.4, 0.5) is 0 Å². The number of hydrogen-bond acceptors (Lipinski definition) is 3. The molecule has 1 aromatic rings. The number of carbonyl (C=O) groups excluding carboxylic acids is 2. The molecule has 0 aromatic heterocycles. The lowest BCUT2D eigenvalue weighted by Gasteiger charge is -2.05. The lowest BCUT2D eigenvalue weighted by atomic mass is 10.1. The van der Waals surface area contributed by atoms with Crippen LogP contribution in [0.2, 0.25) is 5.02 Å². The molecule has 0 spiro atoms. The van der Waals surface area contributed by atoms with Gasteiger partial charge in [-0.25, -0.2) is 0 Å². The summed E-state index contributed by atoms with van der Waals surface area (Å²) in [6.07, 6.45) is 1.39. The standard InChI is InChI=1S/C13H14ClNO3/c1-9(10-5-3-4-6-11(10)14)7-12(16)15-8-13(17)18-2/h3-7H,8H2,1-2H3,(H,15,16). The van der Waals surface area contributed by atoms with Gasteiger partial charge in [-0.1, -0.05) is 29.8 Å². The molecule has 0 aliphatic carbocycles. The van der Waals surface area contributed by atoms with Crippen LogP contribution in [0, 0.1) is 0 Å². The SMILES string of the molecule is COC(=O)CNC(=O)C=C(C)c1ccccc1Cl. The predicted octanol–water partition coefficient (Wildman–Crippen LogP) is 2.03. The van der Waals surface area contributed by atoms with E-state index >= 15 is 0 Å². The lowest BCUT2D eigenvalue weighted by Crippen LogP contribution is -2.28. The Morgan fingerprint density at radius 3 is 2.67 bits per heavy atom. The largest absolute Gasteiger partial charge is 0.468 e. The van der Waals surface area contributed by atoms with Crippen LogP contribution in [-0.2, 0) is 14.3 Å². The van der Waals surface area contributed by atoms with Gasteiger partial charge in [0.2, 0.25) is 5.91 Å². The number of halogens is 1. The van der Waals surface area contributed by atoms with Crippen molar-refractivity contribution >= 4 is 29.1 Å². The molecule has 0 bridgehead atoms. The Kier molecular flexibility index (Phi) is 5.39. The van der Waals surface area contributed by atoms with E-state index in [-0.39, 0.29) is 12.5 Å². The van der Waals surface area contributed by atoms with E-state index in [1.54, 1.807) is 13.0 Å². The number of esters is 1. The second kappa shape index (κ2) is 6.81.